The van der Waals surface area contributed by atoms with E-state index < -0.39 is 0 Å². The summed E-state index contributed by atoms with van der Waals surface area (Å²) in [6.07, 6.45) is 2.97. The molecule has 0 amide bonds. The molecule has 7 nitrogen and oxygen atoms in total. The van der Waals surface area contributed by atoms with Crippen molar-refractivity contribution in [2.45, 2.75) is 6.92 Å². The Kier molecular flexibility index (Phi) is 3.46. The first-order valence-electron chi connectivity index (χ1n) is 6.51. The second kappa shape index (κ2) is 5.58. The molecule has 0 bridgehead atoms. The zero-order valence-electron chi connectivity index (χ0n) is 11.8. The van der Waals surface area contributed by atoms with Gasteiger partial charge in [0.25, 0.3) is 0 Å². The molecule has 0 aliphatic heterocycles. The van der Waals surface area contributed by atoms with Gasteiger partial charge in [-0.25, -0.2) is 9.97 Å². The van der Waals surface area contributed by atoms with Gasteiger partial charge in [-0.3, -0.25) is 0 Å². The minimum atomic E-state index is 0.602. The van der Waals surface area contributed by atoms with E-state index in [2.05, 4.69) is 30.7 Å². The van der Waals surface area contributed by atoms with Crippen molar-refractivity contribution in [2.24, 2.45) is 0 Å². The summed E-state index contributed by atoms with van der Waals surface area (Å²) in [7, 11) is 1.81. The van der Waals surface area contributed by atoms with Crippen LogP contribution in [0.15, 0.2) is 43.0 Å². The lowest BCUT2D eigenvalue weighted by Gasteiger charge is -2.10. The van der Waals surface area contributed by atoms with Gasteiger partial charge in [-0.15, -0.1) is 0 Å². The summed E-state index contributed by atoms with van der Waals surface area (Å²) in [5.41, 5.74) is 2.11. The van der Waals surface area contributed by atoms with Crippen molar-refractivity contribution in [2.75, 3.05) is 17.7 Å². The Morgan fingerprint density at radius 1 is 1.05 bits per heavy atom. The van der Waals surface area contributed by atoms with Crippen LogP contribution in [-0.4, -0.2) is 31.8 Å². The molecule has 7 heteroatoms. The van der Waals surface area contributed by atoms with Crippen LogP contribution >= 0.6 is 0 Å². The highest BCUT2D eigenvalue weighted by molar-refractivity contribution is 5.59. The second-order valence-corrected chi connectivity index (χ2v) is 4.45. The number of aryl methyl sites for hydroxylation is 1. The molecule has 3 aromatic rings. The fourth-order valence-electron chi connectivity index (χ4n) is 1.93. The van der Waals surface area contributed by atoms with Crippen LogP contribution in [0, 0.1) is 6.92 Å². The van der Waals surface area contributed by atoms with E-state index in [1.54, 1.807) is 17.8 Å². The summed E-state index contributed by atoms with van der Waals surface area (Å²) < 4.78 is 1.63. The van der Waals surface area contributed by atoms with Crippen LogP contribution in [0.25, 0.3) is 5.82 Å². The summed E-state index contributed by atoms with van der Waals surface area (Å²) in [6, 6.07) is 9.80. The molecule has 0 unspecified atom stereocenters. The van der Waals surface area contributed by atoms with Crippen molar-refractivity contribution in [1.82, 2.24) is 24.7 Å². The molecule has 0 aliphatic carbocycles. The van der Waals surface area contributed by atoms with E-state index in [-0.39, 0.29) is 0 Å². The van der Waals surface area contributed by atoms with Crippen molar-refractivity contribution in [3.05, 3.63) is 48.5 Å². The van der Waals surface area contributed by atoms with E-state index in [9.17, 15) is 0 Å². The molecule has 0 radical (unpaired) electrons. The van der Waals surface area contributed by atoms with E-state index in [1.165, 1.54) is 12.7 Å². The normalized spacial score (nSPS) is 10.4. The largest absolute Gasteiger partial charge is 0.373 e. The minimum absolute atomic E-state index is 0.602. The van der Waals surface area contributed by atoms with Crippen LogP contribution in [0.5, 0.6) is 0 Å². The number of benzene rings is 1. The number of nitrogens with one attached hydrogen (secondary N) is 2. The molecule has 2 heterocycles. The number of para-hydroxylation sites is 1. The van der Waals surface area contributed by atoms with Crippen LogP contribution in [0.4, 0.5) is 17.5 Å². The maximum atomic E-state index is 4.24. The maximum absolute atomic E-state index is 4.24. The zero-order valence-corrected chi connectivity index (χ0v) is 11.8. The lowest BCUT2D eigenvalue weighted by molar-refractivity contribution is 0.846. The van der Waals surface area contributed by atoms with Crippen LogP contribution < -0.4 is 10.6 Å². The fourth-order valence-corrected chi connectivity index (χ4v) is 1.93. The zero-order chi connectivity index (χ0) is 14.7. The van der Waals surface area contributed by atoms with Gasteiger partial charge in [-0.2, -0.15) is 14.8 Å². The summed E-state index contributed by atoms with van der Waals surface area (Å²) >= 11 is 0. The van der Waals surface area contributed by atoms with Gasteiger partial charge in [0.15, 0.2) is 5.82 Å². The summed E-state index contributed by atoms with van der Waals surface area (Å²) in [5.74, 6) is 1.96. The lowest BCUT2D eigenvalue weighted by atomic mass is 10.2. The van der Waals surface area contributed by atoms with E-state index in [1.807, 2.05) is 31.2 Å². The highest BCUT2D eigenvalue weighted by atomic mass is 15.4. The molecule has 2 aromatic heterocycles. The van der Waals surface area contributed by atoms with Crippen molar-refractivity contribution in [3.63, 3.8) is 0 Å². The Morgan fingerprint density at radius 3 is 2.71 bits per heavy atom. The smallest absolute Gasteiger partial charge is 0.231 e. The molecule has 106 valence electrons. The highest BCUT2D eigenvalue weighted by Crippen LogP contribution is 2.20. The van der Waals surface area contributed by atoms with Crippen molar-refractivity contribution < 1.29 is 0 Å². The fraction of sp³-hybridized carbons (Fsp3) is 0.143. The van der Waals surface area contributed by atoms with Crippen molar-refractivity contribution >= 4 is 17.5 Å². The molecule has 0 aliphatic rings. The Morgan fingerprint density at radius 2 is 1.90 bits per heavy atom. The third-order valence-electron chi connectivity index (χ3n) is 3.07. The van der Waals surface area contributed by atoms with E-state index in [4.69, 9.17) is 0 Å². The Labute approximate surface area is 122 Å². The molecular formula is C14H15N7. The van der Waals surface area contributed by atoms with Gasteiger partial charge in [0.2, 0.25) is 5.95 Å². The first-order valence-corrected chi connectivity index (χ1v) is 6.51. The van der Waals surface area contributed by atoms with Crippen LogP contribution in [0.2, 0.25) is 0 Å². The quantitative estimate of drug-likeness (QED) is 0.762. The van der Waals surface area contributed by atoms with Crippen molar-refractivity contribution in [1.29, 1.82) is 0 Å². The predicted molar refractivity (Wildman–Crippen MR) is 81.0 cm³/mol. The number of anilines is 3. The number of aromatic nitrogens is 5. The Balaban J connectivity index is 1.95. The summed E-state index contributed by atoms with van der Waals surface area (Å²) in [5, 5.41) is 10.5. The van der Waals surface area contributed by atoms with Gasteiger partial charge in [0, 0.05) is 18.8 Å². The molecule has 2 N–H and O–H groups in total. The van der Waals surface area contributed by atoms with Gasteiger partial charge in [0.1, 0.15) is 18.5 Å². The summed E-state index contributed by atoms with van der Waals surface area (Å²) in [4.78, 5) is 12.6. The first-order chi connectivity index (χ1) is 10.3. The molecular weight excluding hydrogens is 266 g/mol. The van der Waals surface area contributed by atoms with E-state index in [0.29, 0.717) is 11.8 Å². The van der Waals surface area contributed by atoms with Gasteiger partial charge < -0.3 is 10.6 Å². The third kappa shape index (κ3) is 2.66. The van der Waals surface area contributed by atoms with E-state index >= 15 is 0 Å². The molecule has 0 fully saturated rings. The van der Waals surface area contributed by atoms with Crippen LogP contribution in [-0.2, 0) is 0 Å². The van der Waals surface area contributed by atoms with E-state index in [0.717, 1.165) is 17.1 Å². The number of hydrogen-bond acceptors (Lipinski definition) is 6. The standard InChI is InChI=1S/C14H15N7/c1-10-5-3-4-6-11(10)20-14-18-9-19-21(14)13-7-12(15-2)16-8-17-13/h3-9H,1-2H3,(H,15,16,17)(H,18,19,20). The molecule has 0 saturated carbocycles. The number of hydrogen-bond donors (Lipinski definition) is 2. The minimum Gasteiger partial charge on any atom is -0.373 e. The van der Waals surface area contributed by atoms with Crippen LogP contribution in [0.1, 0.15) is 5.56 Å². The summed E-state index contributed by atoms with van der Waals surface area (Å²) in [6.45, 7) is 2.03. The first kappa shape index (κ1) is 13.0. The third-order valence-corrected chi connectivity index (χ3v) is 3.07. The Hall–Kier alpha value is -2.96. The maximum Gasteiger partial charge on any atom is 0.231 e. The average molecular weight is 281 g/mol. The van der Waals surface area contributed by atoms with Gasteiger partial charge in [-0.1, -0.05) is 18.2 Å². The molecule has 21 heavy (non-hydrogen) atoms. The molecule has 0 saturated heterocycles. The van der Waals surface area contributed by atoms with Crippen LogP contribution in [0.3, 0.4) is 0 Å². The van der Waals surface area contributed by atoms with Gasteiger partial charge in [-0.05, 0) is 18.6 Å². The number of rotatable bonds is 4. The predicted octanol–water partition coefficient (Wildman–Crippen LogP) is 2.15. The molecule has 0 atom stereocenters. The molecule has 0 spiro atoms. The molecule has 1 aromatic carbocycles. The van der Waals surface area contributed by atoms with Crippen molar-refractivity contribution in [3.8, 4) is 5.82 Å². The van der Waals surface area contributed by atoms with Gasteiger partial charge >= 0.3 is 0 Å². The molecule has 3 rings (SSSR count). The Bertz CT molecular complexity index is 750. The topological polar surface area (TPSA) is 80.5 Å². The SMILES string of the molecule is CNc1cc(-n2ncnc2Nc2ccccc2C)ncn1. The highest BCUT2D eigenvalue weighted by Gasteiger charge is 2.09. The monoisotopic (exact) mass is 281 g/mol. The van der Waals surface area contributed by atoms with Gasteiger partial charge in [0.05, 0.1) is 0 Å². The lowest BCUT2D eigenvalue weighted by Crippen LogP contribution is -2.07. The number of nitrogens with zero attached hydrogens (tertiary/aromatic N) is 5. The average Bonchev–Trinajstić information content (AvgIpc) is 2.98. The second-order valence-electron chi connectivity index (χ2n) is 4.45.